The van der Waals surface area contributed by atoms with Crippen LogP contribution in [0, 0.1) is 0 Å². The molecule has 0 saturated heterocycles. The van der Waals surface area contributed by atoms with Crippen LogP contribution in [0.5, 0.6) is 5.75 Å². The Kier molecular flexibility index (Phi) is 6.32. The molecule has 1 aromatic carbocycles. The zero-order valence-electron chi connectivity index (χ0n) is 15.4. The van der Waals surface area contributed by atoms with Gasteiger partial charge in [-0.15, -0.1) is 13.2 Å². The molecule has 2 N–H and O–H groups in total. The van der Waals surface area contributed by atoms with Gasteiger partial charge in [0.2, 0.25) is 5.91 Å². The van der Waals surface area contributed by atoms with Crippen LogP contribution in [-0.4, -0.2) is 40.2 Å². The number of hydrogen-bond acceptors (Lipinski definition) is 5. The van der Waals surface area contributed by atoms with Gasteiger partial charge in [-0.05, 0) is 37.6 Å². The third-order valence-corrected chi connectivity index (χ3v) is 4.10. The van der Waals surface area contributed by atoms with Crippen molar-refractivity contribution in [3.05, 3.63) is 41.6 Å². The number of aliphatic carboxylic acids is 1. The van der Waals surface area contributed by atoms with E-state index in [4.69, 9.17) is 0 Å². The topological polar surface area (TPSA) is 91.2 Å². The van der Waals surface area contributed by atoms with Crippen molar-refractivity contribution in [3.63, 3.8) is 0 Å². The van der Waals surface area contributed by atoms with Gasteiger partial charge in [-0.2, -0.15) is 0 Å². The molecule has 1 heterocycles. The predicted octanol–water partition coefficient (Wildman–Crippen LogP) is 3.20. The number of carboxylic acid groups (broad SMARTS) is 1. The summed E-state index contributed by atoms with van der Waals surface area (Å²) < 4.78 is 41.4. The number of allylic oxidation sites excluding steroid dienone is 1. The number of benzene rings is 1. The molecule has 0 fully saturated rings. The Morgan fingerprint density at radius 3 is 2.64 bits per heavy atom. The molecule has 2 unspecified atom stereocenters. The maximum Gasteiger partial charge on any atom is 0.573 e. The first-order valence-corrected chi connectivity index (χ1v) is 8.44. The first-order valence-electron chi connectivity index (χ1n) is 8.44. The minimum absolute atomic E-state index is 0.161. The Balaban J connectivity index is 2.37. The lowest BCUT2D eigenvalue weighted by molar-refractivity contribution is -0.274. The third kappa shape index (κ3) is 5.24. The fourth-order valence-corrected chi connectivity index (χ4v) is 2.81. The normalized spacial score (nSPS) is 18.1. The van der Waals surface area contributed by atoms with E-state index in [1.807, 2.05) is 0 Å². The average molecular weight is 399 g/mol. The van der Waals surface area contributed by atoms with Gasteiger partial charge in [0.05, 0.1) is 6.04 Å². The number of amides is 1. The van der Waals surface area contributed by atoms with E-state index >= 15 is 0 Å². The van der Waals surface area contributed by atoms with Crippen molar-refractivity contribution in [1.29, 1.82) is 0 Å². The van der Waals surface area contributed by atoms with Gasteiger partial charge in [-0.1, -0.05) is 19.1 Å². The molecule has 0 radical (unpaired) electrons. The molecule has 1 aliphatic rings. The van der Waals surface area contributed by atoms with Gasteiger partial charge in [0.1, 0.15) is 11.5 Å². The molecule has 0 aromatic heterocycles. The molecule has 0 saturated carbocycles. The molecule has 152 valence electrons. The molecule has 1 amide bonds. The van der Waals surface area contributed by atoms with Crippen LogP contribution in [0.25, 0.3) is 0 Å². The molecular formula is C18H20F3N3O4. The minimum atomic E-state index is -4.82. The number of rotatable bonds is 6. The minimum Gasteiger partial charge on any atom is -0.477 e. The number of carbonyl (C=O) groups excluding carboxylic acids is 1. The van der Waals surface area contributed by atoms with Crippen LogP contribution in [0.3, 0.4) is 0 Å². The van der Waals surface area contributed by atoms with Crippen LogP contribution in [0.1, 0.15) is 38.8 Å². The van der Waals surface area contributed by atoms with E-state index in [9.17, 15) is 27.9 Å². The fourth-order valence-electron chi connectivity index (χ4n) is 2.81. The highest BCUT2D eigenvalue weighted by Crippen LogP contribution is 2.32. The second kappa shape index (κ2) is 8.32. The molecule has 2 rings (SSSR count). The molecule has 2 atom stereocenters. The first-order chi connectivity index (χ1) is 13.0. The summed E-state index contributed by atoms with van der Waals surface area (Å²) in [5.41, 5.74) is 0.735. The second-order valence-corrected chi connectivity index (χ2v) is 6.10. The van der Waals surface area contributed by atoms with Crippen LogP contribution in [0.15, 0.2) is 41.0 Å². The second-order valence-electron chi connectivity index (χ2n) is 6.10. The number of hydrogen-bond donors (Lipinski definition) is 2. The molecule has 28 heavy (non-hydrogen) atoms. The van der Waals surface area contributed by atoms with Crippen molar-refractivity contribution < 1.29 is 32.6 Å². The Hall–Kier alpha value is -3.04. The number of ether oxygens (including phenoxy) is 1. The summed E-state index contributed by atoms with van der Waals surface area (Å²) in [6.45, 7) is 4.97. The molecular weight excluding hydrogens is 379 g/mol. The summed E-state index contributed by atoms with van der Waals surface area (Å²) >= 11 is 0. The Morgan fingerprint density at radius 1 is 1.39 bits per heavy atom. The van der Waals surface area contributed by atoms with Gasteiger partial charge in [0, 0.05) is 12.1 Å². The lowest BCUT2D eigenvalue weighted by atomic mass is 10.0. The number of carbonyl (C=O) groups is 2. The number of nitrogens with zero attached hydrogens (tertiary/aromatic N) is 2. The molecule has 1 aliphatic heterocycles. The van der Waals surface area contributed by atoms with Crippen LogP contribution in [0.4, 0.5) is 13.2 Å². The van der Waals surface area contributed by atoms with E-state index in [-0.39, 0.29) is 23.8 Å². The maximum absolute atomic E-state index is 12.5. The quantitative estimate of drug-likeness (QED) is 0.767. The fraction of sp³-hybridized carbons (Fsp3) is 0.389. The van der Waals surface area contributed by atoms with Crippen molar-refractivity contribution in [1.82, 2.24) is 10.2 Å². The van der Waals surface area contributed by atoms with Gasteiger partial charge < -0.3 is 20.1 Å². The number of alkyl halides is 3. The summed E-state index contributed by atoms with van der Waals surface area (Å²) in [4.78, 5) is 28.8. The van der Waals surface area contributed by atoms with Crippen LogP contribution in [0.2, 0.25) is 0 Å². The Labute approximate surface area is 159 Å². The van der Waals surface area contributed by atoms with Crippen molar-refractivity contribution in [2.45, 2.75) is 45.9 Å². The largest absolute Gasteiger partial charge is 0.573 e. The van der Waals surface area contributed by atoms with Gasteiger partial charge in [0.15, 0.2) is 6.29 Å². The number of carboxylic acids is 1. The van der Waals surface area contributed by atoms with Crippen molar-refractivity contribution in [2.75, 3.05) is 0 Å². The van der Waals surface area contributed by atoms with Gasteiger partial charge in [-0.3, -0.25) is 4.79 Å². The molecule has 7 nitrogen and oxygen atoms in total. The van der Waals surface area contributed by atoms with E-state index < -0.39 is 24.7 Å². The summed E-state index contributed by atoms with van der Waals surface area (Å²) in [6.07, 6.45) is -4.33. The Morgan fingerprint density at radius 2 is 2.07 bits per heavy atom. The molecule has 10 heteroatoms. The molecule has 0 aliphatic carbocycles. The smallest absolute Gasteiger partial charge is 0.477 e. The highest BCUT2D eigenvalue weighted by Gasteiger charge is 2.33. The van der Waals surface area contributed by atoms with Crippen molar-refractivity contribution in [3.8, 4) is 5.75 Å². The summed E-state index contributed by atoms with van der Waals surface area (Å²) in [5, 5.41) is 11.8. The third-order valence-electron chi connectivity index (χ3n) is 4.10. The van der Waals surface area contributed by atoms with Gasteiger partial charge in [-0.25, -0.2) is 9.79 Å². The number of halogens is 3. The number of aliphatic imine (C=N–C) groups is 1. The van der Waals surface area contributed by atoms with Crippen molar-refractivity contribution in [2.24, 2.45) is 4.99 Å². The highest BCUT2D eigenvalue weighted by molar-refractivity contribution is 6.40. The molecule has 1 aromatic rings. The summed E-state index contributed by atoms with van der Waals surface area (Å²) in [7, 11) is 0. The zero-order valence-corrected chi connectivity index (χ0v) is 15.4. The highest BCUT2D eigenvalue weighted by atomic mass is 19.4. The van der Waals surface area contributed by atoms with E-state index in [1.54, 1.807) is 31.7 Å². The first kappa shape index (κ1) is 21.3. The molecule has 0 spiro atoms. The lowest BCUT2D eigenvalue weighted by Gasteiger charge is -2.39. The lowest BCUT2D eigenvalue weighted by Crippen LogP contribution is -2.49. The van der Waals surface area contributed by atoms with Crippen LogP contribution < -0.4 is 10.1 Å². The maximum atomic E-state index is 12.5. The standard InChI is InChI=1S/C18H20F3N3O4/c1-4-15(25)23-17-22-14(16(26)27)8-10(2)24(17)11(3)12-6-5-7-13(9-12)28-18(19,20)21/h5-9,11,17H,4H2,1-3H3,(H,23,25)(H,26,27). The van der Waals surface area contributed by atoms with Crippen molar-refractivity contribution >= 4 is 17.6 Å². The van der Waals surface area contributed by atoms with Gasteiger partial charge >= 0.3 is 12.3 Å². The van der Waals surface area contributed by atoms with Crippen LogP contribution >= 0.6 is 0 Å². The SMILES string of the molecule is CCC(=O)NC1N=C(C(=O)O)C=C(C)N1C(C)c1cccc(OC(F)(F)F)c1. The summed E-state index contributed by atoms with van der Waals surface area (Å²) in [5.74, 6) is -1.97. The zero-order chi connectivity index (χ0) is 21.1. The van der Waals surface area contributed by atoms with Gasteiger partial charge in [0.25, 0.3) is 0 Å². The monoisotopic (exact) mass is 399 g/mol. The van der Waals surface area contributed by atoms with E-state index in [0.29, 0.717) is 11.3 Å². The average Bonchev–Trinajstić information content (AvgIpc) is 2.59. The van der Waals surface area contributed by atoms with Crippen LogP contribution in [-0.2, 0) is 9.59 Å². The van der Waals surface area contributed by atoms with E-state index in [2.05, 4.69) is 15.0 Å². The number of nitrogens with one attached hydrogen (secondary N) is 1. The van der Waals surface area contributed by atoms with E-state index in [0.717, 1.165) is 0 Å². The molecule has 0 bridgehead atoms. The predicted molar refractivity (Wildman–Crippen MR) is 94.4 cm³/mol. The Bertz CT molecular complexity index is 821. The van der Waals surface area contributed by atoms with E-state index in [1.165, 1.54) is 24.3 Å². The summed E-state index contributed by atoms with van der Waals surface area (Å²) in [6, 6.07) is 4.91.